The van der Waals surface area contributed by atoms with Gasteiger partial charge in [0.25, 0.3) is 0 Å². The molecule has 0 spiro atoms. The molecule has 456 valence electrons. The minimum Gasteiger partial charge on any atom is -0.454 e. The Bertz CT molecular complexity index is 3210. The van der Waals surface area contributed by atoms with Crippen LogP contribution in [0.25, 0.3) is 10.4 Å². The molecule has 6 aromatic rings. The fourth-order valence-corrected chi connectivity index (χ4v) is 10.2. The molecule has 0 aliphatic carbocycles. The quantitative estimate of drug-likeness (QED) is 0.0148. The molecule has 9 rings (SSSR count). The highest BCUT2D eigenvalue weighted by Gasteiger charge is 2.58. The number of hydrogen-bond acceptors (Lipinski definition) is 19. The molecule has 3 heterocycles. The van der Waals surface area contributed by atoms with E-state index in [1.165, 1.54) is 12.1 Å². The van der Waals surface area contributed by atoms with Crippen LogP contribution >= 0.6 is 0 Å². The van der Waals surface area contributed by atoms with E-state index in [1.807, 2.05) is 91.0 Å². The van der Waals surface area contributed by atoms with Crippen molar-refractivity contribution in [3.63, 3.8) is 0 Å². The van der Waals surface area contributed by atoms with Crippen LogP contribution in [0.4, 0.5) is 4.79 Å². The number of carbonyl (C=O) groups excluding carboxylic acids is 5. The van der Waals surface area contributed by atoms with Crippen molar-refractivity contribution in [3.8, 4) is 0 Å². The van der Waals surface area contributed by atoms with Gasteiger partial charge in [-0.3, -0.25) is 4.79 Å². The maximum absolute atomic E-state index is 14.7. The van der Waals surface area contributed by atoms with Gasteiger partial charge in [0.05, 0.1) is 54.8 Å². The van der Waals surface area contributed by atoms with Crippen molar-refractivity contribution in [2.24, 2.45) is 5.11 Å². The Morgan fingerprint density at radius 1 is 0.448 bits per heavy atom. The number of nitrogens with one attached hydrogen (secondary N) is 1. The summed E-state index contributed by atoms with van der Waals surface area (Å²) in [6.07, 6.45) is -20.1. The number of amides is 1. The van der Waals surface area contributed by atoms with Crippen molar-refractivity contribution in [2.45, 2.75) is 140 Å². The van der Waals surface area contributed by atoms with Gasteiger partial charge in [-0.25, -0.2) is 19.2 Å². The molecular weight excluding hydrogens is 1120 g/mol. The van der Waals surface area contributed by atoms with E-state index in [0.29, 0.717) is 0 Å². The van der Waals surface area contributed by atoms with Crippen LogP contribution in [0.1, 0.15) is 75.5 Å². The first-order chi connectivity index (χ1) is 42.3. The lowest BCUT2D eigenvalue weighted by molar-refractivity contribution is -0.376. The number of carbonyl (C=O) groups is 5. The number of benzene rings is 6. The molecule has 22 nitrogen and oxygen atoms in total. The van der Waals surface area contributed by atoms with Gasteiger partial charge in [0, 0.05) is 18.4 Å². The molecule has 0 radical (unpaired) electrons. The molecule has 3 fully saturated rings. The Morgan fingerprint density at radius 3 is 1.24 bits per heavy atom. The van der Waals surface area contributed by atoms with Crippen LogP contribution in [0.2, 0.25) is 0 Å². The zero-order chi connectivity index (χ0) is 61.1. The number of nitrogens with zero attached hydrogens (tertiary/aromatic N) is 3. The molecule has 6 aromatic carbocycles. The number of alkyl carbamates (subject to hydrolysis) is 1. The second kappa shape index (κ2) is 31.2. The highest BCUT2D eigenvalue weighted by atomic mass is 16.8. The van der Waals surface area contributed by atoms with Gasteiger partial charge in [-0.2, -0.15) is 0 Å². The topological polar surface area (TPSA) is 266 Å². The minimum absolute atomic E-state index is 0.00995. The average Bonchev–Trinajstić information content (AvgIpc) is 1.69. The lowest BCUT2D eigenvalue weighted by atomic mass is 9.95. The molecule has 3 aliphatic rings. The average molecular weight is 1190 g/mol. The zero-order valence-corrected chi connectivity index (χ0v) is 48.2. The molecule has 15 atom stereocenters. The molecule has 1 amide bonds. The SMILES string of the molecule is CC(=O)O[C@H]1[C@H](O[C@@H]2[C@@H](OCc3ccccc3)[C@H](C)O[C@@H](O[C@@H]3[C@@H](OCc4ccccc4)[C@H](C)O[C@@H](OCCNC(=O)OCc4ccccc4)[C@@H]3OC(=O)c3ccccc3)[C@@H]2OC(=O)c2ccccc2)O[C@H](C)[C@@H](N=[N+]=[N-])[C@@H]1OC(=O)c1ccccc1. The second-order valence-electron chi connectivity index (χ2n) is 20.7. The van der Waals surface area contributed by atoms with E-state index in [2.05, 4.69) is 15.3 Å². The summed E-state index contributed by atoms with van der Waals surface area (Å²) in [5.41, 5.74) is 12.6. The predicted molar refractivity (Wildman–Crippen MR) is 309 cm³/mol. The molecule has 0 bridgehead atoms. The van der Waals surface area contributed by atoms with Crippen LogP contribution in [0.3, 0.4) is 0 Å². The minimum atomic E-state index is -1.69. The lowest BCUT2D eigenvalue weighted by Crippen LogP contribution is -2.67. The standard InChI is InChI=1S/C65H68N4O18/c1-40-50(68-69-66)53(83-59(71)47-29-17-8-18-30-47)56(82-43(4)70)63(79-40)87-55-52(77-38-45-25-13-6-14-26-45)42(3)81-64(58(55)85-61(73)49-33-21-10-22-34-49)86-54-51(76-37-44-23-11-5-12-24-44)41(2)80-62(57(54)84-60(72)48-31-19-9-20-32-48)75-36-35-67-65(74)78-39-46-27-15-7-16-28-46/h5-34,40-42,50-58,62-64H,35-39H2,1-4H3,(H,67,74)/t40-,41+,42+,50-,51+,52+,53+,54-,55-,56-,57-,58-,62-,63+,64+/m1/s1. The van der Waals surface area contributed by atoms with E-state index >= 15 is 0 Å². The maximum atomic E-state index is 14.7. The van der Waals surface area contributed by atoms with Crippen molar-refractivity contribution >= 4 is 30.0 Å². The Kier molecular flexibility index (Phi) is 22.6. The number of hydrogen-bond donors (Lipinski definition) is 1. The number of azide groups is 1. The smallest absolute Gasteiger partial charge is 0.407 e. The van der Waals surface area contributed by atoms with Crippen LogP contribution in [0.5, 0.6) is 0 Å². The lowest BCUT2D eigenvalue weighted by Gasteiger charge is -2.50. The van der Waals surface area contributed by atoms with Gasteiger partial charge in [0.2, 0.25) is 0 Å². The fraction of sp³-hybridized carbons (Fsp3) is 0.369. The summed E-state index contributed by atoms with van der Waals surface area (Å²) in [4.78, 5) is 72.2. The van der Waals surface area contributed by atoms with Gasteiger partial charge in [-0.1, -0.05) is 151 Å². The van der Waals surface area contributed by atoms with Crippen molar-refractivity contribution in [1.82, 2.24) is 5.32 Å². The van der Waals surface area contributed by atoms with E-state index in [4.69, 9.17) is 61.6 Å². The van der Waals surface area contributed by atoms with Crippen molar-refractivity contribution < 1.29 is 85.6 Å². The van der Waals surface area contributed by atoms with E-state index in [1.54, 1.807) is 99.6 Å². The van der Waals surface area contributed by atoms with Crippen LogP contribution in [0, 0.1) is 0 Å². The third kappa shape index (κ3) is 17.1. The molecule has 3 saturated heterocycles. The molecule has 0 aromatic heterocycles. The second-order valence-corrected chi connectivity index (χ2v) is 20.7. The van der Waals surface area contributed by atoms with Crippen molar-refractivity contribution in [2.75, 3.05) is 13.2 Å². The molecule has 3 aliphatic heterocycles. The summed E-state index contributed by atoms with van der Waals surface area (Å²) in [7, 11) is 0. The van der Waals surface area contributed by atoms with Crippen LogP contribution in [0.15, 0.2) is 187 Å². The summed E-state index contributed by atoms with van der Waals surface area (Å²) in [6, 6.07) is 50.7. The predicted octanol–water partition coefficient (Wildman–Crippen LogP) is 9.39. The normalized spacial score (nSPS) is 26.8. The van der Waals surface area contributed by atoms with Gasteiger partial charge in [0.1, 0.15) is 37.1 Å². The first-order valence-electron chi connectivity index (χ1n) is 28.5. The Morgan fingerprint density at radius 2 is 0.816 bits per heavy atom. The van der Waals surface area contributed by atoms with Gasteiger partial charge in [-0.15, -0.1) is 0 Å². The summed E-state index contributed by atoms with van der Waals surface area (Å²) in [5.74, 6) is -3.35. The highest BCUT2D eigenvalue weighted by Crippen LogP contribution is 2.39. The summed E-state index contributed by atoms with van der Waals surface area (Å²) < 4.78 is 84.4. The molecule has 0 unspecified atom stereocenters. The van der Waals surface area contributed by atoms with Crippen LogP contribution in [-0.4, -0.2) is 135 Å². The fourth-order valence-electron chi connectivity index (χ4n) is 10.2. The summed E-state index contributed by atoms with van der Waals surface area (Å²) >= 11 is 0. The number of ether oxygens (including phenoxy) is 13. The van der Waals surface area contributed by atoms with E-state index in [9.17, 15) is 29.5 Å². The van der Waals surface area contributed by atoms with Crippen LogP contribution < -0.4 is 5.32 Å². The molecule has 22 heteroatoms. The third-order valence-electron chi connectivity index (χ3n) is 14.5. The Balaban J connectivity index is 1.11. The summed E-state index contributed by atoms with van der Waals surface area (Å²) in [6.45, 7) is 5.83. The molecule has 1 N–H and O–H groups in total. The van der Waals surface area contributed by atoms with E-state index in [0.717, 1.165) is 23.6 Å². The number of rotatable bonds is 24. The van der Waals surface area contributed by atoms with E-state index in [-0.39, 0.29) is 49.7 Å². The van der Waals surface area contributed by atoms with Gasteiger partial charge < -0.3 is 66.9 Å². The first-order valence-corrected chi connectivity index (χ1v) is 28.5. The van der Waals surface area contributed by atoms with Crippen molar-refractivity contribution in [1.29, 1.82) is 0 Å². The highest BCUT2D eigenvalue weighted by molar-refractivity contribution is 5.90. The molecular formula is C65H68N4O18. The van der Waals surface area contributed by atoms with Gasteiger partial charge in [0.15, 0.2) is 43.3 Å². The first kappa shape index (κ1) is 63.0. The molecule has 87 heavy (non-hydrogen) atoms. The van der Waals surface area contributed by atoms with Gasteiger partial charge >= 0.3 is 30.0 Å². The number of esters is 4. The maximum Gasteiger partial charge on any atom is 0.407 e. The monoisotopic (exact) mass is 1190 g/mol. The zero-order valence-electron chi connectivity index (χ0n) is 48.2. The van der Waals surface area contributed by atoms with E-state index < -0.39 is 122 Å². The summed E-state index contributed by atoms with van der Waals surface area (Å²) in [5, 5.41) is 6.62. The van der Waals surface area contributed by atoms with Crippen molar-refractivity contribution in [3.05, 3.63) is 226 Å². The third-order valence-corrected chi connectivity index (χ3v) is 14.5. The van der Waals surface area contributed by atoms with Gasteiger partial charge in [-0.05, 0) is 79.4 Å². The van der Waals surface area contributed by atoms with Crippen LogP contribution in [-0.2, 0) is 86.2 Å². The molecule has 0 saturated carbocycles. The largest absolute Gasteiger partial charge is 0.454 e. The Hall–Kier alpha value is -8.54. The Labute approximate surface area is 502 Å².